The monoisotopic (exact) mass is 272 g/mol. The predicted octanol–water partition coefficient (Wildman–Crippen LogP) is 0.387. The summed E-state index contributed by atoms with van der Waals surface area (Å²) in [6.45, 7) is 0.0277. The summed E-state index contributed by atoms with van der Waals surface area (Å²) in [7, 11) is 0. The van der Waals surface area contributed by atoms with Crippen molar-refractivity contribution in [3.8, 4) is 11.1 Å². The van der Waals surface area contributed by atoms with Gasteiger partial charge >= 0.3 is 0 Å². The highest BCUT2D eigenvalue weighted by Crippen LogP contribution is 2.29. The number of nitrogens with zero attached hydrogens (tertiary/aromatic N) is 2. The third-order valence-electron chi connectivity index (χ3n) is 3.11. The Balaban J connectivity index is 1.97. The molecule has 1 aliphatic heterocycles. The molecule has 0 atom stereocenters. The minimum atomic E-state index is -0.181. The number of aromatic nitrogens is 1. The first-order valence-corrected chi connectivity index (χ1v) is 6.03. The van der Waals surface area contributed by atoms with E-state index in [0.717, 1.165) is 5.56 Å². The summed E-state index contributed by atoms with van der Waals surface area (Å²) in [4.78, 5) is 24.7. The van der Waals surface area contributed by atoms with Gasteiger partial charge in [0.2, 0.25) is 17.7 Å². The van der Waals surface area contributed by atoms with Gasteiger partial charge in [0.15, 0.2) is 0 Å². The number of nitrogens with one attached hydrogen (secondary N) is 1. The Bertz CT molecular complexity index is 680. The molecule has 3 rings (SSSR count). The highest BCUT2D eigenvalue weighted by molar-refractivity contribution is 6.04. The van der Waals surface area contributed by atoms with Gasteiger partial charge in [-0.1, -0.05) is 17.3 Å². The first-order valence-electron chi connectivity index (χ1n) is 6.03. The third-order valence-corrected chi connectivity index (χ3v) is 3.11. The van der Waals surface area contributed by atoms with Crippen molar-refractivity contribution >= 4 is 23.4 Å². The number of amides is 2. The van der Waals surface area contributed by atoms with E-state index in [2.05, 4.69) is 10.5 Å². The van der Waals surface area contributed by atoms with E-state index in [1.54, 1.807) is 18.2 Å². The first-order chi connectivity index (χ1) is 9.65. The first kappa shape index (κ1) is 12.2. The van der Waals surface area contributed by atoms with E-state index >= 15 is 0 Å². The molecule has 2 amide bonds. The van der Waals surface area contributed by atoms with Crippen LogP contribution in [0, 0.1) is 0 Å². The van der Waals surface area contributed by atoms with Gasteiger partial charge in [0.05, 0.1) is 18.3 Å². The molecule has 1 aromatic heterocycles. The number of nitrogen functional groups attached to an aromatic ring is 1. The Morgan fingerprint density at radius 2 is 2.20 bits per heavy atom. The highest BCUT2D eigenvalue weighted by atomic mass is 16.5. The number of nitrogens with two attached hydrogens (primary N) is 1. The molecule has 1 aliphatic rings. The van der Waals surface area contributed by atoms with Gasteiger partial charge < -0.3 is 20.5 Å². The SMILES string of the molecule is Nc1oncc1-c1cccc(N2CC(=O)NCC2=O)c1. The van der Waals surface area contributed by atoms with E-state index in [1.807, 2.05) is 6.07 Å². The van der Waals surface area contributed by atoms with Crippen LogP contribution in [0.4, 0.5) is 11.6 Å². The number of hydrogen-bond donors (Lipinski definition) is 2. The minimum absolute atomic E-state index is 0.0124. The third kappa shape index (κ3) is 2.09. The summed E-state index contributed by atoms with van der Waals surface area (Å²) in [5.74, 6) is -0.121. The second-order valence-electron chi connectivity index (χ2n) is 4.41. The number of anilines is 2. The minimum Gasteiger partial charge on any atom is -0.367 e. The number of hydrogen-bond acceptors (Lipinski definition) is 5. The Morgan fingerprint density at radius 1 is 1.35 bits per heavy atom. The molecule has 3 N–H and O–H groups in total. The highest BCUT2D eigenvalue weighted by Gasteiger charge is 2.24. The fourth-order valence-corrected chi connectivity index (χ4v) is 2.10. The lowest BCUT2D eigenvalue weighted by Crippen LogP contribution is -2.51. The number of benzene rings is 1. The van der Waals surface area contributed by atoms with Crippen LogP contribution in [0.5, 0.6) is 0 Å². The fourth-order valence-electron chi connectivity index (χ4n) is 2.10. The molecule has 1 fully saturated rings. The molecule has 1 saturated heterocycles. The average Bonchev–Trinajstić information content (AvgIpc) is 2.88. The van der Waals surface area contributed by atoms with Crippen LogP contribution in [-0.4, -0.2) is 30.1 Å². The second-order valence-corrected chi connectivity index (χ2v) is 4.41. The van der Waals surface area contributed by atoms with Gasteiger partial charge in [0.1, 0.15) is 6.54 Å². The zero-order valence-electron chi connectivity index (χ0n) is 10.5. The summed E-state index contributed by atoms with van der Waals surface area (Å²) >= 11 is 0. The maximum Gasteiger partial charge on any atom is 0.246 e. The average molecular weight is 272 g/mol. The Labute approximate surface area is 114 Å². The molecule has 20 heavy (non-hydrogen) atoms. The second kappa shape index (κ2) is 4.69. The van der Waals surface area contributed by atoms with Gasteiger partial charge in [-0.15, -0.1) is 0 Å². The van der Waals surface area contributed by atoms with Gasteiger partial charge in [0, 0.05) is 5.69 Å². The molecular weight excluding hydrogens is 260 g/mol. The van der Waals surface area contributed by atoms with E-state index in [0.29, 0.717) is 11.3 Å². The van der Waals surface area contributed by atoms with Gasteiger partial charge in [-0.05, 0) is 17.7 Å². The van der Waals surface area contributed by atoms with Gasteiger partial charge in [-0.2, -0.15) is 0 Å². The van der Waals surface area contributed by atoms with Crippen molar-refractivity contribution in [2.45, 2.75) is 0 Å². The van der Waals surface area contributed by atoms with E-state index < -0.39 is 0 Å². The van der Waals surface area contributed by atoms with Gasteiger partial charge in [0.25, 0.3) is 0 Å². The largest absolute Gasteiger partial charge is 0.367 e. The van der Waals surface area contributed by atoms with E-state index in [9.17, 15) is 9.59 Å². The molecule has 2 heterocycles. The van der Waals surface area contributed by atoms with Crippen LogP contribution in [0.15, 0.2) is 35.0 Å². The zero-order chi connectivity index (χ0) is 14.1. The van der Waals surface area contributed by atoms with Gasteiger partial charge in [-0.3, -0.25) is 9.59 Å². The summed E-state index contributed by atoms with van der Waals surface area (Å²) < 4.78 is 4.83. The van der Waals surface area contributed by atoms with Crippen LogP contribution in [0.1, 0.15) is 0 Å². The zero-order valence-corrected chi connectivity index (χ0v) is 10.5. The lowest BCUT2D eigenvalue weighted by molar-refractivity contribution is -0.128. The van der Waals surface area contributed by atoms with E-state index in [1.165, 1.54) is 11.1 Å². The number of rotatable bonds is 2. The smallest absolute Gasteiger partial charge is 0.246 e. The predicted molar refractivity (Wildman–Crippen MR) is 71.7 cm³/mol. The van der Waals surface area contributed by atoms with Crippen LogP contribution in [0.2, 0.25) is 0 Å². The van der Waals surface area contributed by atoms with Crippen molar-refractivity contribution in [3.63, 3.8) is 0 Å². The topological polar surface area (TPSA) is 101 Å². The van der Waals surface area contributed by atoms with Crippen LogP contribution >= 0.6 is 0 Å². The van der Waals surface area contributed by atoms with Crippen molar-refractivity contribution in [2.24, 2.45) is 0 Å². The standard InChI is InChI=1S/C13H12N4O3/c14-13-10(5-16-20-13)8-2-1-3-9(4-8)17-7-11(18)15-6-12(17)19/h1-5H,6-7,14H2,(H,15,18). The Hall–Kier alpha value is -2.83. The van der Waals surface area contributed by atoms with Crippen molar-refractivity contribution in [2.75, 3.05) is 23.7 Å². The van der Waals surface area contributed by atoms with Crippen LogP contribution in [0.25, 0.3) is 11.1 Å². The number of carbonyl (C=O) groups is 2. The van der Waals surface area contributed by atoms with Crippen molar-refractivity contribution < 1.29 is 14.1 Å². The summed E-state index contributed by atoms with van der Waals surface area (Å²) in [6, 6.07) is 7.17. The lowest BCUT2D eigenvalue weighted by Gasteiger charge is -2.26. The molecule has 7 nitrogen and oxygen atoms in total. The number of carbonyl (C=O) groups excluding carboxylic acids is 2. The Kier molecular flexibility index (Phi) is 2.86. The molecule has 1 aromatic carbocycles. The molecule has 2 aromatic rings. The maximum absolute atomic E-state index is 11.9. The molecule has 0 bridgehead atoms. The van der Waals surface area contributed by atoms with Crippen molar-refractivity contribution in [3.05, 3.63) is 30.5 Å². The van der Waals surface area contributed by atoms with Crippen molar-refractivity contribution in [1.82, 2.24) is 10.5 Å². The van der Waals surface area contributed by atoms with Crippen LogP contribution < -0.4 is 16.0 Å². The summed E-state index contributed by atoms with van der Waals surface area (Å²) in [6.07, 6.45) is 1.51. The van der Waals surface area contributed by atoms with Gasteiger partial charge in [-0.25, -0.2) is 0 Å². The quantitative estimate of drug-likeness (QED) is 0.823. The molecule has 0 aliphatic carbocycles. The molecule has 0 radical (unpaired) electrons. The Morgan fingerprint density at radius 3 is 2.95 bits per heavy atom. The van der Waals surface area contributed by atoms with Crippen LogP contribution in [-0.2, 0) is 9.59 Å². The normalized spacial score (nSPS) is 15.3. The lowest BCUT2D eigenvalue weighted by atomic mass is 10.1. The van der Waals surface area contributed by atoms with Crippen molar-refractivity contribution in [1.29, 1.82) is 0 Å². The van der Waals surface area contributed by atoms with E-state index in [4.69, 9.17) is 10.3 Å². The molecule has 0 saturated carbocycles. The summed E-state index contributed by atoms with van der Waals surface area (Å²) in [5, 5.41) is 6.13. The van der Waals surface area contributed by atoms with E-state index in [-0.39, 0.29) is 30.8 Å². The number of piperazine rings is 1. The molecular formula is C13H12N4O3. The summed E-state index contributed by atoms with van der Waals surface area (Å²) in [5.41, 5.74) is 7.75. The molecule has 7 heteroatoms. The molecule has 0 unspecified atom stereocenters. The molecule has 0 spiro atoms. The molecule has 102 valence electrons. The van der Waals surface area contributed by atoms with Crippen LogP contribution in [0.3, 0.4) is 0 Å². The maximum atomic E-state index is 11.9. The fraction of sp³-hybridized carbons (Fsp3) is 0.154.